The minimum atomic E-state index is -0.633. The average Bonchev–Trinajstić information content (AvgIpc) is 3.12. The van der Waals surface area contributed by atoms with Crippen molar-refractivity contribution >= 4 is 3.27 Å². The van der Waals surface area contributed by atoms with Crippen LogP contribution < -0.4 is 28.1 Å². The topological polar surface area (TPSA) is 0 Å². The summed E-state index contributed by atoms with van der Waals surface area (Å²) in [6.45, 7) is 2.29. The van der Waals surface area contributed by atoms with E-state index >= 15 is 0 Å². The zero-order chi connectivity index (χ0) is 14.2. The maximum Gasteiger partial charge on any atom is -1.00 e. The first-order chi connectivity index (χ1) is 10.4. The number of benzene rings is 2. The molecule has 0 saturated heterocycles. The minimum absolute atomic E-state index is 0. The van der Waals surface area contributed by atoms with Crippen molar-refractivity contribution < 1.29 is 48.0 Å². The van der Waals surface area contributed by atoms with Crippen LogP contribution in [0.2, 0.25) is 0 Å². The average molecular weight is 420 g/mol. The van der Waals surface area contributed by atoms with E-state index in [-0.39, 0.29) is 24.8 Å². The number of fused-ring (bicyclic) bond motifs is 3. The zero-order valence-electron chi connectivity index (χ0n) is 13.1. The Kier molecular flexibility index (Phi) is 6.49. The molecule has 23 heavy (non-hydrogen) atoms. The second kappa shape index (κ2) is 7.97. The Morgan fingerprint density at radius 3 is 2.57 bits per heavy atom. The molecule has 0 aromatic heterocycles. The molecule has 0 nitrogen and oxygen atoms in total. The van der Waals surface area contributed by atoms with Crippen LogP contribution in [0, 0.1) is 0 Å². The van der Waals surface area contributed by atoms with Gasteiger partial charge in [-0.2, -0.15) is 0 Å². The molecule has 0 aliphatic heterocycles. The van der Waals surface area contributed by atoms with Crippen molar-refractivity contribution in [2.24, 2.45) is 0 Å². The molecule has 0 N–H and O–H groups in total. The minimum Gasteiger partial charge on any atom is -1.00 e. The molecule has 2 aromatic rings. The maximum atomic E-state index is 2.40. The van der Waals surface area contributed by atoms with Gasteiger partial charge in [0.2, 0.25) is 0 Å². The molecule has 116 valence electrons. The standard InChI is InChI=1S/C13H9.C7H9.2ClH.Zr/c1-3-7-12-10(5-1)9-11-6-2-4-8-13(11)12;1-2-7-5-3-4-6-7;;;/h1-5,7-8H,9H2;3,5H,2,4H2,1H3;2*1H;/q;;;;+2/p-2. The van der Waals surface area contributed by atoms with Crippen molar-refractivity contribution in [3.8, 4) is 11.1 Å². The third kappa shape index (κ3) is 3.43. The number of hydrogen-bond donors (Lipinski definition) is 0. The van der Waals surface area contributed by atoms with E-state index in [0.29, 0.717) is 0 Å². The van der Waals surface area contributed by atoms with Crippen LogP contribution in [-0.2, 0) is 29.7 Å². The van der Waals surface area contributed by atoms with Crippen LogP contribution in [-0.4, -0.2) is 0 Å². The molecular formula is C20H18Cl2Zr. The van der Waals surface area contributed by atoms with E-state index in [2.05, 4.69) is 61.5 Å². The molecule has 4 rings (SSSR count). The van der Waals surface area contributed by atoms with Crippen LogP contribution in [0.5, 0.6) is 0 Å². The summed E-state index contributed by atoms with van der Waals surface area (Å²) in [5.74, 6) is 0. The van der Waals surface area contributed by atoms with Crippen molar-refractivity contribution in [1.82, 2.24) is 0 Å². The first kappa shape index (κ1) is 18.7. The molecule has 0 spiro atoms. The zero-order valence-corrected chi connectivity index (χ0v) is 17.0. The summed E-state index contributed by atoms with van der Waals surface area (Å²) in [7, 11) is 0. The third-order valence-corrected chi connectivity index (χ3v) is 8.39. The van der Waals surface area contributed by atoms with Gasteiger partial charge in [0.1, 0.15) is 0 Å². The Hall–Kier alpha value is -0.617. The Bertz CT molecular complexity index is 775. The fraction of sp³-hybridized carbons (Fsp3) is 0.200. The number of allylic oxidation sites excluding steroid dienone is 4. The quantitative estimate of drug-likeness (QED) is 0.489. The van der Waals surface area contributed by atoms with Crippen LogP contribution in [0.15, 0.2) is 63.5 Å². The van der Waals surface area contributed by atoms with Crippen molar-refractivity contribution in [2.45, 2.75) is 26.2 Å². The van der Waals surface area contributed by atoms with Gasteiger partial charge in [-0.15, -0.1) is 0 Å². The van der Waals surface area contributed by atoms with Crippen molar-refractivity contribution in [2.75, 3.05) is 0 Å². The van der Waals surface area contributed by atoms with Gasteiger partial charge in [0, 0.05) is 0 Å². The molecule has 0 amide bonds. The van der Waals surface area contributed by atoms with Gasteiger partial charge in [-0.1, -0.05) is 0 Å². The Morgan fingerprint density at radius 1 is 0.957 bits per heavy atom. The smallest absolute Gasteiger partial charge is 1.00 e. The first-order valence-electron chi connectivity index (χ1n) is 7.72. The van der Waals surface area contributed by atoms with Crippen LogP contribution >= 0.6 is 0 Å². The Morgan fingerprint density at radius 2 is 1.74 bits per heavy atom. The molecule has 0 saturated carbocycles. The predicted octanol–water partition coefficient (Wildman–Crippen LogP) is -1.40. The predicted molar refractivity (Wildman–Crippen MR) is 85.4 cm³/mol. The van der Waals surface area contributed by atoms with Gasteiger partial charge >= 0.3 is 138 Å². The summed E-state index contributed by atoms with van der Waals surface area (Å²) in [5, 5.41) is 0. The largest absolute Gasteiger partial charge is 1.00 e. The fourth-order valence-corrected chi connectivity index (χ4v) is 7.18. The monoisotopic (exact) mass is 418 g/mol. The van der Waals surface area contributed by atoms with Gasteiger partial charge in [-0.3, -0.25) is 0 Å². The number of rotatable bonds is 3. The van der Waals surface area contributed by atoms with Crippen LogP contribution in [0.4, 0.5) is 0 Å². The molecule has 0 bridgehead atoms. The first-order valence-corrected chi connectivity index (χ1v) is 10.2. The van der Waals surface area contributed by atoms with E-state index < -0.39 is 23.2 Å². The Labute approximate surface area is 162 Å². The molecule has 0 radical (unpaired) electrons. The SMILES string of the molecule is CCC1=[C]([Zr+2][c]2cccc3c2Cc2ccccc2-3)CC=C1.[Cl-].[Cl-]. The summed E-state index contributed by atoms with van der Waals surface area (Å²) < 4.78 is 3.47. The summed E-state index contributed by atoms with van der Waals surface area (Å²) >= 11 is -0.633. The molecule has 3 heteroatoms. The molecule has 0 heterocycles. The van der Waals surface area contributed by atoms with E-state index in [4.69, 9.17) is 0 Å². The van der Waals surface area contributed by atoms with E-state index in [1.54, 1.807) is 17.7 Å². The van der Waals surface area contributed by atoms with E-state index in [0.717, 1.165) is 6.42 Å². The fourth-order valence-electron chi connectivity index (χ4n) is 3.45. The summed E-state index contributed by atoms with van der Waals surface area (Å²) in [4.78, 5) is 0. The van der Waals surface area contributed by atoms with Crippen molar-refractivity contribution in [1.29, 1.82) is 0 Å². The molecule has 0 fully saturated rings. The summed E-state index contributed by atoms with van der Waals surface area (Å²) in [5.41, 5.74) is 7.71. The summed E-state index contributed by atoms with van der Waals surface area (Å²) in [6, 6.07) is 15.9. The Balaban J connectivity index is 0.000000960. The molecule has 2 aromatic carbocycles. The van der Waals surface area contributed by atoms with Crippen molar-refractivity contribution in [3.05, 3.63) is 74.6 Å². The molecule has 2 aliphatic carbocycles. The van der Waals surface area contributed by atoms with Crippen LogP contribution in [0.1, 0.15) is 30.9 Å². The third-order valence-electron chi connectivity index (χ3n) is 4.55. The summed E-state index contributed by atoms with van der Waals surface area (Å²) in [6.07, 6.45) is 8.26. The maximum absolute atomic E-state index is 2.40. The van der Waals surface area contributed by atoms with Gasteiger partial charge in [0.05, 0.1) is 0 Å². The second-order valence-electron chi connectivity index (χ2n) is 5.75. The van der Waals surface area contributed by atoms with Crippen LogP contribution in [0.25, 0.3) is 11.1 Å². The van der Waals surface area contributed by atoms with Gasteiger partial charge in [-0.25, -0.2) is 0 Å². The number of hydrogen-bond acceptors (Lipinski definition) is 0. The van der Waals surface area contributed by atoms with Gasteiger partial charge < -0.3 is 24.8 Å². The normalized spacial score (nSPS) is 13.8. The van der Waals surface area contributed by atoms with E-state index in [9.17, 15) is 0 Å². The molecule has 0 unspecified atom stereocenters. The van der Waals surface area contributed by atoms with E-state index in [1.165, 1.54) is 29.5 Å². The molecule has 0 atom stereocenters. The molecule has 2 aliphatic rings. The van der Waals surface area contributed by atoms with E-state index in [1.807, 2.05) is 0 Å². The second-order valence-corrected chi connectivity index (χ2v) is 9.18. The van der Waals surface area contributed by atoms with Gasteiger partial charge in [0.25, 0.3) is 0 Å². The van der Waals surface area contributed by atoms with Gasteiger partial charge in [-0.05, 0) is 0 Å². The van der Waals surface area contributed by atoms with Crippen molar-refractivity contribution in [3.63, 3.8) is 0 Å². The molecular weight excluding hydrogens is 402 g/mol. The van der Waals surface area contributed by atoms with Crippen LogP contribution in [0.3, 0.4) is 0 Å². The van der Waals surface area contributed by atoms with Gasteiger partial charge in [0.15, 0.2) is 0 Å². The number of halogens is 2.